The zero-order chi connectivity index (χ0) is 33.8. The van der Waals surface area contributed by atoms with Crippen molar-refractivity contribution in [1.29, 1.82) is 0 Å². The van der Waals surface area contributed by atoms with Crippen LogP contribution in [0.3, 0.4) is 0 Å². The zero-order valence-electron chi connectivity index (χ0n) is 27.9. The fraction of sp³-hybridized carbons (Fsp3) is 0.406. The number of benzene rings is 3. The standard InChI is InChI=1S/C32H43N4O4.BF4/c1-12-13-36-23-14-20(33(2)3)16-25(37-8)29(23)32(30-24(36)15-21(34(4)5)17-26(30)38-9)31-27(39-10)18-22(35(6)7)19-28(31)40-11;2-1(3,4)5/h14-19H,12-13H2,1-11H3;/q+1;-1. The van der Waals surface area contributed by atoms with Gasteiger partial charge < -0.3 is 50.9 Å². The third-order valence-electron chi connectivity index (χ3n) is 7.39. The van der Waals surface area contributed by atoms with E-state index in [9.17, 15) is 17.3 Å². The van der Waals surface area contributed by atoms with Gasteiger partial charge >= 0.3 is 7.25 Å². The summed E-state index contributed by atoms with van der Waals surface area (Å²) < 4.78 is 65.8. The molecule has 3 aromatic carbocycles. The number of anilines is 3. The van der Waals surface area contributed by atoms with E-state index in [1.807, 2.05) is 59.3 Å². The highest BCUT2D eigenvalue weighted by molar-refractivity contribution is 6.50. The molecule has 0 unspecified atom stereocenters. The van der Waals surface area contributed by atoms with E-state index in [4.69, 9.17) is 18.9 Å². The second-order valence-corrected chi connectivity index (χ2v) is 11.0. The Labute approximate surface area is 262 Å². The van der Waals surface area contributed by atoms with Crippen LogP contribution in [-0.4, -0.2) is 78.0 Å². The van der Waals surface area contributed by atoms with E-state index >= 15 is 0 Å². The summed E-state index contributed by atoms with van der Waals surface area (Å²) in [7, 11) is 13.1. The van der Waals surface area contributed by atoms with Gasteiger partial charge in [0.25, 0.3) is 0 Å². The lowest BCUT2D eigenvalue weighted by molar-refractivity contribution is -0.645. The van der Waals surface area contributed by atoms with Gasteiger partial charge in [-0.05, 0) is 0 Å². The van der Waals surface area contributed by atoms with E-state index in [2.05, 4.69) is 45.6 Å². The number of hydrogen-bond donors (Lipinski definition) is 0. The molecule has 0 saturated heterocycles. The van der Waals surface area contributed by atoms with Crippen LogP contribution in [0.1, 0.15) is 13.3 Å². The maximum absolute atomic E-state index is 9.75. The van der Waals surface area contributed by atoms with E-state index in [1.165, 1.54) is 0 Å². The minimum atomic E-state index is -6.00. The van der Waals surface area contributed by atoms with Crippen LogP contribution in [0.4, 0.5) is 34.3 Å². The van der Waals surface area contributed by atoms with Gasteiger partial charge in [0.15, 0.2) is 0 Å². The normalized spacial score (nSPS) is 11.2. The van der Waals surface area contributed by atoms with Crippen LogP contribution in [0.15, 0.2) is 36.4 Å². The molecule has 4 rings (SSSR count). The van der Waals surface area contributed by atoms with E-state index in [0.717, 1.165) is 74.5 Å². The molecule has 8 nitrogen and oxygen atoms in total. The molecule has 0 fully saturated rings. The molecule has 0 atom stereocenters. The van der Waals surface area contributed by atoms with Gasteiger partial charge in [-0.3, -0.25) is 0 Å². The lowest BCUT2D eigenvalue weighted by Crippen LogP contribution is -2.36. The number of pyridine rings is 1. The second-order valence-electron chi connectivity index (χ2n) is 11.0. The zero-order valence-corrected chi connectivity index (χ0v) is 27.9. The van der Waals surface area contributed by atoms with Crippen molar-refractivity contribution in [1.82, 2.24) is 0 Å². The van der Waals surface area contributed by atoms with Crippen LogP contribution in [-0.2, 0) is 6.54 Å². The van der Waals surface area contributed by atoms with Crippen molar-refractivity contribution in [2.24, 2.45) is 0 Å². The first-order valence-electron chi connectivity index (χ1n) is 14.4. The van der Waals surface area contributed by atoms with E-state index in [0.29, 0.717) is 11.5 Å². The Morgan fingerprint density at radius 2 is 0.867 bits per heavy atom. The average Bonchev–Trinajstić information content (AvgIpc) is 2.98. The van der Waals surface area contributed by atoms with Gasteiger partial charge in [0.1, 0.15) is 29.5 Å². The Balaban J connectivity index is 0.00000102. The van der Waals surface area contributed by atoms with Crippen LogP contribution in [0.5, 0.6) is 23.0 Å². The average molecular weight is 635 g/mol. The molecule has 0 radical (unpaired) electrons. The fourth-order valence-electron chi connectivity index (χ4n) is 5.31. The Kier molecular flexibility index (Phi) is 11.1. The van der Waals surface area contributed by atoms with Gasteiger partial charge in [-0.15, -0.1) is 0 Å². The molecule has 45 heavy (non-hydrogen) atoms. The fourth-order valence-corrected chi connectivity index (χ4v) is 5.31. The topological polar surface area (TPSA) is 50.5 Å². The lowest BCUT2D eigenvalue weighted by Gasteiger charge is -2.24. The monoisotopic (exact) mass is 634 g/mol. The SMILES string of the molecule is CCC[n+]1c2cc(N(C)C)cc(OC)c2c(-c2c(OC)cc(N(C)C)cc2OC)c2c(OC)cc(N(C)C)cc21.F[B-](F)(F)F. The molecule has 0 aliphatic rings. The molecule has 1 aromatic heterocycles. The van der Waals surface area contributed by atoms with Crippen molar-refractivity contribution in [2.75, 3.05) is 85.4 Å². The van der Waals surface area contributed by atoms with Gasteiger partial charge in [0.05, 0.1) is 44.8 Å². The first kappa shape index (κ1) is 35.2. The predicted octanol–water partition coefficient (Wildman–Crippen LogP) is 6.89. The highest BCUT2D eigenvalue weighted by Gasteiger charge is 2.31. The molecule has 0 amide bonds. The molecule has 1 heterocycles. The largest absolute Gasteiger partial charge is 0.673 e. The highest BCUT2D eigenvalue weighted by atomic mass is 19.5. The Hall–Kier alpha value is -4.29. The van der Waals surface area contributed by atoms with Crippen molar-refractivity contribution >= 4 is 46.1 Å². The maximum Gasteiger partial charge on any atom is 0.673 e. The van der Waals surface area contributed by atoms with Crippen molar-refractivity contribution in [2.45, 2.75) is 19.9 Å². The number of methoxy groups -OCH3 is 4. The number of aromatic nitrogens is 1. The van der Waals surface area contributed by atoms with Crippen LogP contribution < -0.4 is 38.2 Å². The van der Waals surface area contributed by atoms with Crippen LogP contribution in [0.25, 0.3) is 32.9 Å². The van der Waals surface area contributed by atoms with Gasteiger partial charge in [-0.2, -0.15) is 4.57 Å². The third-order valence-corrected chi connectivity index (χ3v) is 7.39. The summed E-state index contributed by atoms with van der Waals surface area (Å²) >= 11 is 0. The highest BCUT2D eigenvalue weighted by Crippen LogP contribution is 2.51. The molecule has 246 valence electrons. The van der Waals surface area contributed by atoms with E-state index in [-0.39, 0.29) is 0 Å². The summed E-state index contributed by atoms with van der Waals surface area (Å²) in [6, 6.07) is 12.7. The van der Waals surface area contributed by atoms with E-state index < -0.39 is 7.25 Å². The molecule has 4 aromatic rings. The van der Waals surface area contributed by atoms with Gasteiger partial charge in [-0.1, -0.05) is 6.92 Å². The summed E-state index contributed by atoms with van der Waals surface area (Å²) in [5.74, 6) is 2.94. The minimum Gasteiger partial charge on any atom is -0.496 e. The number of nitrogens with zero attached hydrogens (tertiary/aromatic N) is 4. The first-order valence-corrected chi connectivity index (χ1v) is 14.4. The molecule has 0 spiro atoms. The smallest absolute Gasteiger partial charge is 0.496 e. The molecule has 0 aliphatic heterocycles. The maximum atomic E-state index is 9.75. The molecule has 0 N–H and O–H groups in total. The molecule has 13 heteroatoms. The van der Waals surface area contributed by atoms with Gasteiger partial charge in [0, 0.05) is 108 Å². The second kappa shape index (κ2) is 14.2. The summed E-state index contributed by atoms with van der Waals surface area (Å²) in [5.41, 5.74) is 7.00. The number of ether oxygens (including phenoxy) is 4. The predicted molar refractivity (Wildman–Crippen MR) is 177 cm³/mol. The van der Waals surface area contributed by atoms with Crippen molar-refractivity contribution in [3.63, 3.8) is 0 Å². The van der Waals surface area contributed by atoms with Gasteiger partial charge in [0.2, 0.25) is 11.0 Å². The molecular formula is C32H43BF4N4O4. The number of halogens is 4. The Morgan fingerprint density at radius 3 is 1.16 bits per heavy atom. The molecule has 0 bridgehead atoms. The Bertz CT molecular complexity index is 1560. The molecule has 0 saturated carbocycles. The quantitative estimate of drug-likeness (QED) is 0.0816. The minimum absolute atomic E-state index is 0.705. The van der Waals surface area contributed by atoms with Crippen molar-refractivity contribution in [3.8, 4) is 34.1 Å². The molecular weight excluding hydrogens is 591 g/mol. The third kappa shape index (κ3) is 7.51. The van der Waals surface area contributed by atoms with Gasteiger partial charge in [-0.25, -0.2) is 0 Å². The summed E-state index contributed by atoms with van der Waals surface area (Å²) in [6.45, 7) is 3.02. The number of aryl methyl sites for hydroxylation is 1. The number of fused-ring (bicyclic) bond motifs is 2. The van der Waals surface area contributed by atoms with Crippen molar-refractivity contribution < 1.29 is 40.8 Å². The van der Waals surface area contributed by atoms with Crippen LogP contribution in [0.2, 0.25) is 0 Å². The van der Waals surface area contributed by atoms with Crippen LogP contribution >= 0.6 is 0 Å². The van der Waals surface area contributed by atoms with Crippen LogP contribution in [0, 0.1) is 0 Å². The summed E-state index contributed by atoms with van der Waals surface area (Å²) in [6.07, 6.45) is 0.960. The number of rotatable bonds is 10. The lowest BCUT2D eigenvalue weighted by atomic mass is 9.92. The van der Waals surface area contributed by atoms with E-state index in [1.54, 1.807) is 28.4 Å². The molecule has 0 aliphatic carbocycles. The first-order chi connectivity index (χ1) is 21.1. The Morgan fingerprint density at radius 1 is 0.556 bits per heavy atom. The number of hydrogen-bond acceptors (Lipinski definition) is 7. The summed E-state index contributed by atoms with van der Waals surface area (Å²) in [4.78, 5) is 6.25. The van der Waals surface area contributed by atoms with Crippen molar-refractivity contribution in [3.05, 3.63) is 36.4 Å². The summed E-state index contributed by atoms with van der Waals surface area (Å²) in [5, 5.41) is 1.94.